The maximum atomic E-state index is 2.45. The number of rotatable bonds is 6. The van der Waals surface area contributed by atoms with Crippen LogP contribution in [0.3, 0.4) is 0 Å². The summed E-state index contributed by atoms with van der Waals surface area (Å²) in [5.41, 5.74) is 16.0. The smallest absolute Gasteiger partial charge is 0.0543 e. The van der Waals surface area contributed by atoms with E-state index >= 15 is 0 Å². The molecule has 1 nitrogen and oxygen atoms in total. The highest BCUT2D eigenvalue weighted by Crippen LogP contribution is 2.54. The van der Waals surface area contributed by atoms with E-state index in [2.05, 4.69) is 207 Å². The molecule has 0 aliphatic heterocycles. The molecule has 0 bridgehead atoms. The Bertz CT molecular complexity index is 2510. The second-order valence-electron chi connectivity index (χ2n) is 13.8. The molecule has 0 unspecified atom stereocenters. The first-order valence-corrected chi connectivity index (χ1v) is 17.4. The fourth-order valence-electron chi connectivity index (χ4n) is 7.85. The Morgan fingerprint density at radius 2 is 0.920 bits per heavy atom. The van der Waals surface area contributed by atoms with Crippen molar-refractivity contribution in [1.29, 1.82) is 0 Å². The fraction of sp³-hybridized carbons (Fsp3) is 0.0612. The van der Waals surface area contributed by atoms with Crippen LogP contribution in [-0.4, -0.2) is 0 Å². The molecule has 238 valence electrons. The van der Waals surface area contributed by atoms with Crippen LogP contribution < -0.4 is 4.90 Å². The van der Waals surface area contributed by atoms with Crippen molar-refractivity contribution in [3.8, 4) is 44.5 Å². The lowest BCUT2D eigenvalue weighted by Crippen LogP contribution is -2.16. The first-order chi connectivity index (χ1) is 24.5. The number of hydrogen-bond donors (Lipinski definition) is 0. The highest BCUT2D eigenvalue weighted by atomic mass is 15.1. The molecule has 0 saturated carbocycles. The van der Waals surface area contributed by atoms with E-state index in [9.17, 15) is 0 Å². The van der Waals surface area contributed by atoms with Crippen molar-refractivity contribution < 1.29 is 0 Å². The maximum Gasteiger partial charge on any atom is 0.0543 e. The van der Waals surface area contributed by atoms with E-state index in [1.165, 1.54) is 72.1 Å². The number of hydrogen-bond acceptors (Lipinski definition) is 1. The third-order valence-electron chi connectivity index (χ3n) is 10.4. The van der Waals surface area contributed by atoms with Gasteiger partial charge in [0.2, 0.25) is 0 Å². The zero-order chi connectivity index (χ0) is 33.7. The van der Waals surface area contributed by atoms with Crippen LogP contribution >= 0.6 is 0 Å². The minimum absolute atomic E-state index is 0.0900. The second-order valence-corrected chi connectivity index (χ2v) is 13.8. The highest BCUT2D eigenvalue weighted by Gasteiger charge is 2.37. The third kappa shape index (κ3) is 5.11. The average molecular weight is 640 g/mol. The Labute approximate surface area is 294 Å². The van der Waals surface area contributed by atoms with Gasteiger partial charge in [-0.1, -0.05) is 159 Å². The predicted molar refractivity (Wildman–Crippen MR) is 213 cm³/mol. The Kier molecular flexibility index (Phi) is 7.21. The van der Waals surface area contributed by atoms with Gasteiger partial charge in [-0.05, 0) is 103 Å². The Morgan fingerprint density at radius 1 is 0.360 bits per heavy atom. The number of anilines is 3. The molecule has 0 amide bonds. The molecule has 0 aromatic heterocycles. The molecular formula is C49H37N. The van der Waals surface area contributed by atoms with Gasteiger partial charge < -0.3 is 4.90 Å². The third-order valence-corrected chi connectivity index (χ3v) is 10.4. The first kappa shape index (κ1) is 29.9. The van der Waals surface area contributed by atoms with Crippen molar-refractivity contribution in [2.75, 3.05) is 4.90 Å². The van der Waals surface area contributed by atoms with E-state index in [0.717, 1.165) is 11.4 Å². The van der Waals surface area contributed by atoms with Crippen LogP contribution in [0.15, 0.2) is 188 Å². The van der Waals surface area contributed by atoms with Gasteiger partial charge in [-0.25, -0.2) is 0 Å². The van der Waals surface area contributed by atoms with Gasteiger partial charge in [-0.3, -0.25) is 0 Å². The van der Waals surface area contributed by atoms with Gasteiger partial charge in [0.25, 0.3) is 0 Å². The van der Waals surface area contributed by atoms with Crippen molar-refractivity contribution in [2.24, 2.45) is 0 Å². The first-order valence-electron chi connectivity index (χ1n) is 17.4. The minimum Gasteiger partial charge on any atom is -0.310 e. The standard InChI is InChI=1S/C49H37N/c1-49(2)45-22-9-8-21-44(45)48-46(49)23-12-24-47(48)50(42-29-27-36(28-30-42)41-26-25-35-15-6-7-16-37(35)32-41)43-20-11-19-40(33-43)39-18-10-17-38(31-39)34-13-4-3-5-14-34/h3-33H,1-2H3. The molecule has 0 N–H and O–H groups in total. The monoisotopic (exact) mass is 639 g/mol. The van der Waals surface area contributed by atoms with Crippen molar-refractivity contribution >= 4 is 27.8 Å². The molecule has 0 saturated heterocycles. The minimum atomic E-state index is -0.0900. The van der Waals surface area contributed by atoms with Crippen molar-refractivity contribution in [2.45, 2.75) is 19.3 Å². The van der Waals surface area contributed by atoms with Gasteiger partial charge >= 0.3 is 0 Å². The largest absolute Gasteiger partial charge is 0.310 e. The van der Waals surface area contributed by atoms with Crippen LogP contribution in [0.5, 0.6) is 0 Å². The van der Waals surface area contributed by atoms with Gasteiger partial charge in [-0.2, -0.15) is 0 Å². The van der Waals surface area contributed by atoms with Crippen molar-refractivity contribution in [3.63, 3.8) is 0 Å². The Morgan fingerprint density at radius 3 is 1.74 bits per heavy atom. The highest BCUT2D eigenvalue weighted by molar-refractivity contribution is 5.96. The van der Waals surface area contributed by atoms with Crippen molar-refractivity contribution in [3.05, 3.63) is 199 Å². The summed E-state index contributed by atoms with van der Waals surface area (Å²) in [5, 5.41) is 2.51. The predicted octanol–water partition coefficient (Wildman–Crippen LogP) is 13.6. The zero-order valence-corrected chi connectivity index (χ0v) is 28.3. The average Bonchev–Trinajstić information content (AvgIpc) is 3.42. The van der Waals surface area contributed by atoms with Gasteiger partial charge in [-0.15, -0.1) is 0 Å². The lowest BCUT2D eigenvalue weighted by molar-refractivity contribution is 0.660. The lowest BCUT2D eigenvalue weighted by atomic mass is 9.82. The SMILES string of the molecule is CC1(C)c2ccccc2-c2c(N(c3ccc(-c4ccc5ccccc5c4)cc3)c3cccc(-c4cccc(-c5ccccc5)c4)c3)cccc21. The molecule has 0 radical (unpaired) electrons. The summed E-state index contributed by atoms with van der Waals surface area (Å²) in [7, 11) is 0. The molecule has 8 aromatic rings. The van der Waals surface area contributed by atoms with Crippen LogP contribution in [-0.2, 0) is 5.41 Å². The molecule has 0 fully saturated rings. The summed E-state index contributed by atoms with van der Waals surface area (Å²) in [5.74, 6) is 0. The second kappa shape index (κ2) is 12.1. The molecule has 0 atom stereocenters. The van der Waals surface area contributed by atoms with Gasteiger partial charge in [0.1, 0.15) is 0 Å². The number of benzene rings is 8. The van der Waals surface area contributed by atoms with E-state index in [4.69, 9.17) is 0 Å². The summed E-state index contributed by atoms with van der Waals surface area (Å²) in [4.78, 5) is 2.45. The van der Waals surface area contributed by atoms with E-state index < -0.39 is 0 Å². The fourth-order valence-corrected chi connectivity index (χ4v) is 7.85. The van der Waals surface area contributed by atoms with Crippen LogP contribution in [0, 0.1) is 0 Å². The molecule has 50 heavy (non-hydrogen) atoms. The molecule has 8 aromatic carbocycles. The molecule has 0 heterocycles. The summed E-state index contributed by atoms with van der Waals surface area (Å²) in [6.45, 7) is 4.70. The summed E-state index contributed by atoms with van der Waals surface area (Å²) in [6, 6.07) is 68.6. The van der Waals surface area contributed by atoms with Crippen molar-refractivity contribution in [1.82, 2.24) is 0 Å². The number of fused-ring (bicyclic) bond motifs is 4. The van der Waals surface area contributed by atoms with E-state index in [1.54, 1.807) is 0 Å². The molecule has 1 aliphatic rings. The molecular weight excluding hydrogens is 603 g/mol. The normalized spacial score (nSPS) is 12.8. The molecule has 0 spiro atoms. The van der Waals surface area contributed by atoms with E-state index in [-0.39, 0.29) is 5.41 Å². The van der Waals surface area contributed by atoms with Gasteiger partial charge in [0.15, 0.2) is 0 Å². The lowest BCUT2D eigenvalue weighted by Gasteiger charge is -2.29. The van der Waals surface area contributed by atoms with Crippen LogP contribution in [0.2, 0.25) is 0 Å². The van der Waals surface area contributed by atoms with E-state index in [1.807, 2.05) is 0 Å². The van der Waals surface area contributed by atoms with Gasteiger partial charge in [0.05, 0.1) is 5.69 Å². The van der Waals surface area contributed by atoms with Crippen LogP contribution in [0.1, 0.15) is 25.0 Å². The molecule has 1 aliphatic carbocycles. The van der Waals surface area contributed by atoms with E-state index in [0.29, 0.717) is 0 Å². The Hall–Kier alpha value is -6.18. The zero-order valence-electron chi connectivity index (χ0n) is 28.3. The molecule has 9 rings (SSSR count). The maximum absolute atomic E-state index is 2.45. The van der Waals surface area contributed by atoms with Gasteiger partial charge in [0, 0.05) is 22.4 Å². The van der Waals surface area contributed by atoms with Crippen LogP contribution in [0.4, 0.5) is 17.1 Å². The van der Waals surface area contributed by atoms with Crippen LogP contribution in [0.25, 0.3) is 55.3 Å². The molecule has 1 heteroatoms. The summed E-state index contributed by atoms with van der Waals surface area (Å²) < 4.78 is 0. The Balaban J connectivity index is 1.20. The topological polar surface area (TPSA) is 3.24 Å². The summed E-state index contributed by atoms with van der Waals surface area (Å²) in [6.07, 6.45) is 0. The number of nitrogens with zero attached hydrogens (tertiary/aromatic N) is 1. The quantitative estimate of drug-likeness (QED) is 0.175. The summed E-state index contributed by atoms with van der Waals surface area (Å²) >= 11 is 0.